The van der Waals surface area contributed by atoms with Crippen LogP contribution in [0.2, 0.25) is 0 Å². The third-order valence-corrected chi connectivity index (χ3v) is 2.42. The number of nitrogens with two attached hydrogens (primary N) is 1. The van der Waals surface area contributed by atoms with Crippen molar-refractivity contribution in [2.45, 2.75) is 38.9 Å². The second-order valence-electron chi connectivity index (χ2n) is 4.56. The summed E-state index contributed by atoms with van der Waals surface area (Å²) in [6.07, 6.45) is 0. The van der Waals surface area contributed by atoms with Crippen LogP contribution in [0.1, 0.15) is 27.7 Å². The number of hydroxylamine groups is 2. The molecule has 81 valence electrons. The van der Waals surface area contributed by atoms with Gasteiger partial charge in [-0.3, -0.25) is 4.99 Å². The van der Waals surface area contributed by atoms with E-state index in [0.717, 1.165) is 10.9 Å². The van der Waals surface area contributed by atoms with Gasteiger partial charge in [-0.05, 0) is 27.7 Å². The van der Waals surface area contributed by atoms with E-state index in [9.17, 15) is 5.21 Å². The molecule has 14 heavy (non-hydrogen) atoms. The van der Waals surface area contributed by atoms with E-state index in [1.807, 2.05) is 27.7 Å². The molecule has 0 aromatic carbocycles. The van der Waals surface area contributed by atoms with E-state index in [1.54, 1.807) is 0 Å². The summed E-state index contributed by atoms with van der Waals surface area (Å²) in [5.74, 6) is 0.725. The molecule has 1 rings (SSSR count). The molecule has 5 heteroatoms. The molecule has 0 atom stereocenters. The molecule has 3 N–H and O–H groups in total. The molecule has 0 unspecified atom stereocenters. The number of hydrogen-bond acceptors (Lipinski definition) is 3. The molecule has 1 fully saturated rings. The maximum Gasteiger partial charge on any atom is 0.121 e. The zero-order chi connectivity index (χ0) is 11.0. The second-order valence-corrected chi connectivity index (χ2v) is 4.56. The van der Waals surface area contributed by atoms with Crippen LogP contribution in [0.15, 0.2) is 4.99 Å². The van der Waals surface area contributed by atoms with Crippen LogP contribution >= 0.6 is 0 Å². The van der Waals surface area contributed by atoms with E-state index >= 15 is 0 Å². The van der Waals surface area contributed by atoms with Gasteiger partial charge in [0.25, 0.3) is 0 Å². The van der Waals surface area contributed by atoms with Crippen molar-refractivity contribution >= 4 is 5.84 Å². The number of nitrogens with zero attached hydrogens (tertiary/aromatic N) is 2. The first kappa shape index (κ1) is 11.4. The highest BCUT2D eigenvalue weighted by Crippen LogP contribution is 2.29. The average Bonchev–Trinajstić information content (AvgIpc) is 2.23. The van der Waals surface area contributed by atoms with E-state index in [0.29, 0.717) is 13.1 Å². The summed E-state index contributed by atoms with van der Waals surface area (Å²) in [5.41, 5.74) is 4.20. The van der Waals surface area contributed by atoms with Crippen molar-refractivity contribution in [2.75, 3.05) is 13.1 Å². The van der Waals surface area contributed by atoms with Gasteiger partial charge < -0.3 is 11.1 Å². The minimum absolute atomic E-state index is 0.501. The maximum absolute atomic E-state index is 11.9. The minimum atomic E-state index is -0.586. The molecule has 0 bridgehead atoms. The van der Waals surface area contributed by atoms with Crippen molar-refractivity contribution < 1.29 is 5.21 Å². The van der Waals surface area contributed by atoms with Crippen LogP contribution in [0.4, 0.5) is 0 Å². The average molecular weight is 199 g/mol. The van der Waals surface area contributed by atoms with Gasteiger partial charge in [-0.2, -0.15) is 0 Å². The lowest BCUT2D eigenvalue weighted by molar-refractivity contribution is -0.241. The largest absolute Gasteiger partial charge is 0.353 e. The third kappa shape index (κ3) is 1.75. The van der Waals surface area contributed by atoms with E-state index < -0.39 is 11.2 Å². The topological polar surface area (TPSA) is 73.5 Å². The van der Waals surface area contributed by atoms with Gasteiger partial charge in [-0.25, -0.2) is 0 Å². The van der Waals surface area contributed by atoms with Crippen molar-refractivity contribution in [3.63, 3.8) is 0 Å². The molecule has 1 radical (unpaired) electrons. The summed E-state index contributed by atoms with van der Waals surface area (Å²) in [6.45, 7) is 8.45. The van der Waals surface area contributed by atoms with Crippen LogP contribution in [0.3, 0.4) is 0 Å². The minimum Gasteiger partial charge on any atom is -0.353 e. The van der Waals surface area contributed by atoms with Crippen LogP contribution in [0, 0.1) is 0 Å². The van der Waals surface area contributed by atoms with Crippen LogP contribution in [0.5, 0.6) is 0 Å². The monoisotopic (exact) mass is 199 g/mol. The molecule has 5 nitrogen and oxygen atoms in total. The SMILES string of the molecule is CC1(C)NC(=NCCN)C(C)(C)N1[O]. The molecule has 0 aromatic rings. The van der Waals surface area contributed by atoms with Crippen molar-refractivity contribution in [2.24, 2.45) is 10.7 Å². The molecule has 0 saturated carbocycles. The Labute approximate surface area is 84.9 Å². The van der Waals surface area contributed by atoms with Crippen molar-refractivity contribution in [1.29, 1.82) is 0 Å². The molecule has 1 saturated heterocycles. The Hall–Kier alpha value is -0.650. The van der Waals surface area contributed by atoms with Gasteiger partial charge in [0.2, 0.25) is 0 Å². The number of hydrogen-bond donors (Lipinski definition) is 2. The first-order chi connectivity index (χ1) is 6.32. The highest BCUT2D eigenvalue weighted by Gasteiger charge is 2.50. The number of amidine groups is 1. The molecule has 0 spiro atoms. The lowest BCUT2D eigenvalue weighted by Gasteiger charge is -2.28. The summed E-state index contributed by atoms with van der Waals surface area (Å²) in [6, 6.07) is 0. The first-order valence-electron chi connectivity index (χ1n) is 4.83. The van der Waals surface area contributed by atoms with Crippen LogP contribution in [-0.4, -0.2) is 35.2 Å². The van der Waals surface area contributed by atoms with Crippen LogP contribution in [-0.2, 0) is 5.21 Å². The maximum atomic E-state index is 11.9. The Morgan fingerprint density at radius 1 is 1.43 bits per heavy atom. The van der Waals surface area contributed by atoms with Gasteiger partial charge in [-0.1, -0.05) is 0 Å². The summed E-state index contributed by atoms with van der Waals surface area (Å²) >= 11 is 0. The van der Waals surface area contributed by atoms with Gasteiger partial charge in [0, 0.05) is 6.54 Å². The first-order valence-corrected chi connectivity index (χ1v) is 4.83. The Kier molecular flexibility index (Phi) is 2.85. The Morgan fingerprint density at radius 2 is 2.00 bits per heavy atom. The Balaban J connectivity index is 2.91. The lowest BCUT2D eigenvalue weighted by Crippen LogP contribution is -2.48. The molecule has 0 aliphatic carbocycles. The number of rotatable bonds is 2. The van der Waals surface area contributed by atoms with Crippen LogP contribution in [0.25, 0.3) is 0 Å². The molecule has 1 aliphatic rings. The summed E-state index contributed by atoms with van der Waals surface area (Å²) in [7, 11) is 0. The van der Waals surface area contributed by atoms with Crippen molar-refractivity contribution in [3.8, 4) is 0 Å². The van der Waals surface area contributed by atoms with E-state index in [2.05, 4.69) is 10.3 Å². The van der Waals surface area contributed by atoms with E-state index in [-0.39, 0.29) is 0 Å². The molecule has 0 amide bonds. The highest BCUT2D eigenvalue weighted by molar-refractivity contribution is 5.93. The predicted molar refractivity (Wildman–Crippen MR) is 55.2 cm³/mol. The number of aliphatic imine (C=N–C) groups is 1. The Bertz CT molecular complexity index is 247. The van der Waals surface area contributed by atoms with Crippen LogP contribution < -0.4 is 11.1 Å². The smallest absolute Gasteiger partial charge is 0.121 e. The predicted octanol–water partition coefficient (Wildman–Crippen LogP) is 0.109. The second kappa shape index (κ2) is 3.49. The molecule has 1 heterocycles. The fraction of sp³-hybridized carbons (Fsp3) is 0.889. The van der Waals surface area contributed by atoms with E-state index in [4.69, 9.17) is 5.73 Å². The van der Waals surface area contributed by atoms with E-state index in [1.165, 1.54) is 0 Å². The fourth-order valence-electron chi connectivity index (χ4n) is 1.70. The van der Waals surface area contributed by atoms with Gasteiger partial charge in [-0.15, -0.1) is 10.3 Å². The number of nitrogens with one attached hydrogen (secondary N) is 1. The standard InChI is InChI=1S/C9H19N4O/c1-8(2)7(11-6-5-10)12-9(3,4)13(8)14/h5-6,10H2,1-4H3,(H,11,12). The quantitative estimate of drug-likeness (QED) is 0.663. The molecular weight excluding hydrogens is 180 g/mol. The molecular formula is C9H19N4O. The summed E-state index contributed by atoms with van der Waals surface area (Å²) in [5, 5.41) is 16.0. The van der Waals surface area contributed by atoms with Crippen molar-refractivity contribution in [1.82, 2.24) is 10.4 Å². The summed E-state index contributed by atoms with van der Waals surface area (Å²) in [4.78, 5) is 4.28. The highest BCUT2D eigenvalue weighted by atomic mass is 16.5. The van der Waals surface area contributed by atoms with Crippen molar-refractivity contribution in [3.05, 3.63) is 0 Å². The molecule has 0 aromatic heterocycles. The van der Waals surface area contributed by atoms with Gasteiger partial charge in [0.1, 0.15) is 17.0 Å². The third-order valence-electron chi connectivity index (χ3n) is 2.42. The molecule has 1 aliphatic heterocycles. The zero-order valence-corrected chi connectivity index (χ0v) is 9.29. The van der Waals surface area contributed by atoms with Gasteiger partial charge in [0.05, 0.1) is 6.54 Å². The fourth-order valence-corrected chi connectivity index (χ4v) is 1.70. The lowest BCUT2D eigenvalue weighted by atomic mass is 10.1. The normalized spacial score (nSPS) is 28.0. The van der Waals surface area contributed by atoms with Gasteiger partial charge >= 0.3 is 0 Å². The zero-order valence-electron chi connectivity index (χ0n) is 9.29. The Morgan fingerprint density at radius 3 is 2.36 bits per heavy atom. The van der Waals surface area contributed by atoms with Gasteiger partial charge in [0.15, 0.2) is 0 Å². The summed E-state index contributed by atoms with van der Waals surface area (Å²) < 4.78 is 0.